The summed E-state index contributed by atoms with van der Waals surface area (Å²) >= 11 is 1.34. The van der Waals surface area contributed by atoms with E-state index in [1.54, 1.807) is 6.08 Å². The summed E-state index contributed by atoms with van der Waals surface area (Å²) in [7, 11) is 0. The molecule has 3 rings (SSSR count). The Hall–Kier alpha value is -3.06. The summed E-state index contributed by atoms with van der Waals surface area (Å²) < 4.78 is 7.97. The average molecular weight is 437 g/mol. The number of carbonyl (C=O) groups is 1. The molecule has 0 aliphatic heterocycles. The molecule has 6 nitrogen and oxygen atoms in total. The molecule has 0 aliphatic rings. The van der Waals surface area contributed by atoms with Crippen LogP contribution in [0, 0.1) is 20.8 Å². The van der Waals surface area contributed by atoms with E-state index in [0.717, 1.165) is 17.0 Å². The number of ether oxygens (including phenoxy) is 1. The number of carbonyl (C=O) groups excluding carboxylic acids is 1. The van der Waals surface area contributed by atoms with Crippen LogP contribution in [0.1, 0.15) is 35.5 Å². The Morgan fingerprint density at radius 2 is 1.90 bits per heavy atom. The molecular formula is C24H28N4O2S. The largest absolute Gasteiger partial charge is 0.483 e. The van der Waals surface area contributed by atoms with Gasteiger partial charge in [-0.3, -0.25) is 9.36 Å². The number of allylic oxidation sites excluding steroid dienone is 1. The SMILES string of the molecule is C=CCn1c(SCC(=O)Nc2ccc(C)c(C)c2)nnc1C(C)Oc1ccc(C)cc1. The molecule has 1 atom stereocenters. The Morgan fingerprint density at radius 1 is 1.16 bits per heavy atom. The van der Waals surface area contributed by atoms with Gasteiger partial charge in [0.25, 0.3) is 0 Å². The van der Waals surface area contributed by atoms with Crippen molar-refractivity contribution in [2.24, 2.45) is 0 Å². The fraction of sp³-hybridized carbons (Fsp3) is 0.292. The molecule has 1 unspecified atom stereocenters. The fourth-order valence-corrected chi connectivity index (χ4v) is 3.78. The Morgan fingerprint density at radius 3 is 2.58 bits per heavy atom. The third kappa shape index (κ3) is 5.98. The van der Waals surface area contributed by atoms with E-state index in [-0.39, 0.29) is 17.8 Å². The van der Waals surface area contributed by atoms with Gasteiger partial charge in [-0.15, -0.1) is 16.8 Å². The molecule has 1 heterocycles. The third-order valence-electron chi connectivity index (χ3n) is 4.88. The number of benzene rings is 2. The summed E-state index contributed by atoms with van der Waals surface area (Å²) in [6.07, 6.45) is 1.49. The molecule has 0 saturated heterocycles. The van der Waals surface area contributed by atoms with E-state index < -0.39 is 0 Å². The quantitative estimate of drug-likeness (QED) is 0.366. The van der Waals surface area contributed by atoms with Gasteiger partial charge in [0.05, 0.1) is 5.75 Å². The van der Waals surface area contributed by atoms with Crippen LogP contribution in [0.5, 0.6) is 5.75 Å². The van der Waals surface area contributed by atoms with Crippen LogP contribution in [-0.2, 0) is 11.3 Å². The van der Waals surface area contributed by atoms with Crippen molar-refractivity contribution in [3.05, 3.63) is 77.6 Å². The lowest BCUT2D eigenvalue weighted by Crippen LogP contribution is -2.15. The highest BCUT2D eigenvalue weighted by Crippen LogP contribution is 2.25. The van der Waals surface area contributed by atoms with Gasteiger partial charge in [-0.05, 0) is 63.1 Å². The molecule has 1 N–H and O–H groups in total. The number of amides is 1. The fourth-order valence-electron chi connectivity index (χ4n) is 3.03. The molecule has 1 amide bonds. The molecule has 162 valence electrons. The molecule has 0 saturated carbocycles. The number of hydrogen-bond donors (Lipinski definition) is 1. The molecule has 0 aliphatic carbocycles. The van der Waals surface area contributed by atoms with Crippen LogP contribution in [0.3, 0.4) is 0 Å². The first-order valence-electron chi connectivity index (χ1n) is 10.1. The molecule has 0 radical (unpaired) electrons. The lowest BCUT2D eigenvalue weighted by Gasteiger charge is -2.16. The van der Waals surface area contributed by atoms with Crippen molar-refractivity contribution >= 4 is 23.4 Å². The van der Waals surface area contributed by atoms with Gasteiger partial charge in [0.15, 0.2) is 17.1 Å². The summed E-state index contributed by atoms with van der Waals surface area (Å²) in [6, 6.07) is 13.8. The Balaban J connectivity index is 1.66. The predicted octanol–water partition coefficient (Wildman–Crippen LogP) is 5.26. The van der Waals surface area contributed by atoms with Crippen molar-refractivity contribution < 1.29 is 9.53 Å². The van der Waals surface area contributed by atoms with Crippen LogP contribution in [-0.4, -0.2) is 26.4 Å². The molecule has 0 spiro atoms. The van der Waals surface area contributed by atoms with Crippen molar-refractivity contribution in [3.8, 4) is 5.75 Å². The van der Waals surface area contributed by atoms with Gasteiger partial charge in [0.2, 0.25) is 5.91 Å². The Bertz CT molecular complexity index is 1060. The minimum Gasteiger partial charge on any atom is -0.483 e. The van der Waals surface area contributed by atoms with Crippen molar-refractivity contribution in [1.29, 1.82) is 0 Å². The van der Waals surface area contributed by atoms with Gasteiger partial charge in [0.1, 0.15) is 5.75 Å². The second-order valence-corrected chi connectivity index (χ2v) is 8.39. The zero-order valence-electron chi connectivity index (χ0n) is 18.4. The van der Waals surface area contributed by atoms with Crippen LogP contribution in [0.25, 0.3) is 0 Å². The van der Waals surface area contributed by atoms with E-state index in [2.05, 4.69) is 22.1 Å². The van der Waals surface area contributed by atoms with Gasteiger partial charge in [-0.1, -0.05) is 41.6 Å². The third-order valence-corrected chi connectivity index (χ3v) is 5.84. The lowest BCUT2D eigenvalue weighted by molar-refractivity contribution is -0.113. The van der Waals surface area contributed by atoms with Crippen LogP contribution in [0.4, 0.5) is 5.69 Å². The van der Waals surface area contributed by atoms with E-state index in [1.165, 1.54) is 22.9 Å². The standard InChI is InChI=1S/C24H28N4O2S/c1-6-13-28-23(19(5)30-21-11-7-16(2)8-12-21)26-27-24(28)31-15-22(29)25-20-10-9-17(3)18(4)14-20/h6-12,14,19H,1,13,15H2,2-5H3,(H,25,29). The monoisotopic (exact) mass is 436 g/mol. The second kappa shape index (κ2) is 10.3. The first kappa shape index (κ1) is 22.6. The van der Waals surface area contributed by atoms with E-state index in [4.69, 9.17) is 4.74 Å². The zero-order chi connectivity index (χ0) is 22.4. The smallest absolute Gasteiger partial charge is 0.234 e. The number of nitrogens with zero attached hydrogens (tertiary/aromatic N) is 3. The van der Waals surface area contributed by atoms with Crippen LogP contribution >= 0.6 is 11.8 Å². The molecule has 0 bridgehead atoms. The van der Waals surface area contributed by atoms with Gasteiger partial charge < -0.3 is 10.1 Å². The molecule has 31 heavy (non-hydrogen) atoms. The number of nitrogens with one attached hydrogen (secondary N) is 1. The Kier molecular flexibility index (Phi) is 7.52. The van der Waals surface area contributed by atoms with Crippen molar-refractivity contribution in [1.82, 2.24) is 14.8 Å². The number of hydrogen-bond acceptors (Lipinski definition) is 5. The number of anilines is 1. The number of aryl methyl sites for hydroxylation is 3. The highest BCUT2D eigenvalue weighted by molar-refractivity contribution is 7.99. The summed E-state index contributed by atoms with van der Waals surface area (Å²) in [5, 5.41) is 12.2. The van der Waals surface area contributed by atoms with Gasteiger partial charge >= 0.3 is 0 Å². The minimum atomic E-state index is -0.297. The van der Waals surface area contributed by atoms with E-state index in [9.17, 15) is 4.79 Å². The lowest BCUT2D eigenvalue weighted by atomic mass is 10.1. The second-order valence-electron chi connectivity index (χ2n) is 7.45. The van der Waals surface area contributed by atoms with Crippen LogP contribution in [0.2, 0.25) is 0 Å². The molecule has 7 heteroatoms. The predicted molar refractivity (Wildman–Crippen MR) is 126 cm³/mol. The van der Waals surface area contributed by atoms with E-state index >= 15 is 0 Å². The average Bonchev–Trinajstić information content (AvgIpc) is 3.14. The van der Waals surface area contributed by atoms with Gasteiger partial charge in [-0.2, -0.15) is 0 Å². The molecule has 2 aromatic carbocycles. The summed E-state index contributed by atoms with van der Waals surface area (Å²) in [6.45, 7) is 12.4. The number of aromatic nitrogens is 3. The maximum absolute atomic E-state index is 12.4. The molecule has 3 aromatic rings. The summed E-state index contributed by atoms with van der Waals surface area (Å²) in [4.78, 5) is 12.4. The summed E-state index contributed by atoms with van der Waals surface area (Å²) in [5.74, 6) is 1.60. The number of thioether (sulfide) groups is 1. The van der Waals surface area contributed by atoms with Crippen LogP contribution in [0.15, 0.2) is 60.3 Å². The zero-order valence-corrected chi connectivity index (χ0v) is 19.2. The molecular weight excluding hydrogens is 408 g/mol. The van der Waals surface area contributed by atoms with Gasteiger partial charge in [0, 0.05) is 12.2 Å². The highest BCUT2D eigenvalue weighted by Gasteiger charge is 2.20. The van der Waals surface area contributed by atoms with Crippen molar-refractivity contribution in [2.75, 3.05) is 11.1 Å². The Labute approximate surface area is 187 Å². The van der Waals surface area contributed by atoms with Gasteiger partial charge in [-0.25, -0.2) is 0 Å². The normalized spacial score (nSPS) is 11.7. The maximum Gasteiger partial charge on any atom is 0.234 e. The topological polar surface area (TPSA) is 69.0 Å². The van der Waals surface area contributed by atoms with Crippen molar-refractivity contribution in [3.63, 3.8) is 0 Å². The van der Waals surface area contributed by atoms with Crippen LogP contribution < -0.4 is 10.1 Å². The number of rotatable bonds is 9. The maximum atomic E-state index is 12.4. The first-order chi connectivity index (χ1) is 14.9. The first-order valence-corrected chi connectivity index (χ1v) is 11.1. The highest BCUT2D eigenvalue weighted by atomic mass is 32.2. The summed E-state index contributed by atoms with van der Waals surface area (Å²) in [5.41, 5.74) is 4.30. The minimum absolute atomic E-state index is 0.0908. The van der Waals surface area contributed by atoms with Crippen molar-refractivity contribution in [2.45, 2.75) is 45.5 Å². The molecule has 1 aromatic heterocycles. The van der Waals surface area contributed by atoms with E-state index in [1.807, 2.05) is 74.7 Å². The van der Waals surface area contributed by atoms with E-state index in [0.29, 0.717) is 17.5 Å². The molecule has 0 fully saturated rings.